The molecule has 0 saturated heterocycles. The zero-order chi connectivity index (χ0) is 8.97. The third-order valence-corrected chi connectivity index (χ3v) is 1.67. The normalized spacial score (nSPS) is 12.1. The molecule has 0 aliphatic rings. The first-order valence-electron chi connectivity index (χ1n) is 3.35. The van der Waals surface area contributed by atoms with Crippen molar-refractivity contribution in [1.29, 1.82) is 0 Å². The minimum atomic E-state index is -0.462. The summed E-state index contributed by atoms with van der Waals surface area (Å²) < 4.78 is 12.3. The zero-order valence-electron chi connectivity index (χ0n) is 6.56. The van der Waals surface area contributed by atoms with Crippen LogP contribution in [0.5, 0.6) is 0 Å². The highest BCUT2D eigenvalue weighted by molar-refractivity contribution is 6.99. The second-order valence-electron chi connectivity index (χ2n) is 2.14. The van der Waals surface area contributed by atoms with Crippen molar-refractivity contribution in [2.45, 2.75) is 13.0 Å². The lowest BCUT2D eigenvalue weighted by molar-refractivity contribution is 0.0419. The molecule has 0 N–H and O–H groups in total. The van der Waals surface area contributed by atoms with Gasteiger partial charge in [0.15, 0.2) is 5.69 Å². The van der Waals surface area contributed by atoms with Crippen LogP contribution >= 0.6 is 11.7 Å². The molecule has 1 heterocycles. The van der Waals surface area contributed by atoms with Crippen molar-refractivity contribution in [2.24, 2.45) is 0 Å². The lowest BCUT2D eigenvalue weighted by Crippen LogP contribution is -2.12. The lowest BCUT2D eigenvalue weighted by atomic mass is 10.4. The number of esters is 1. The number of hydrogen-bond acceptors (Lipinski definition) is 5. The van der Waals surface area contributed by atoms with E-state index < -0.39 is 5.97 Å². The molecule has 4 nitrogen and oxygen atoms in total. The quantitative estimate of drug-likeness (QED) is 0.524. The van der Waals surface area contributed by atoms with Crippen molar-refractivity contribution in [2.75, 3.05) is 0 Å². The molecule has 0 radical (unpaired) electrons. The summed E-state index contributed by atoms with van der Waals surface area (Å²) in [5, 5.41) is 0. The van der Waals surface area contributed by atoms with E-state index >= 15 is 0 Å². The lowest BCUT2D eigenvalue weighted by Gasteiger charge is -2.05. The summed E-state index contributed by atoms with van der Waals surface area (Å²) in [6.45, 7) is 5.21. The second kappa shape index (κ2) is 3.96. The standard InChI is InChI=1S/C7H8N2O2S/c1-3-5(2)11-7(10)6-4-8-12-9-6/h3-5H,1H2,2H3. The van der Waals surface area contributed by atoms with Crippen LogP contribution in [0.2, 0.25) is 0 Å². The molecule has 0 saturated carbocycles. The minimum Gasteiger partial charge on any atom is -0.454 e. The summed E-state index contributed by atoms with van der Waals surface area (Å²) in [6, 6.07) is 0. The van der Waals surface area contributed by atoms with E-state index in [1.165, 1.54) is 12.3 Å². The molecule has 5 heteroatoms. The highest BCUT2D eigenvalue weighted by Gasteiger charge is 2.11. The van der Waals surface area contributed by atoms with E-state index in [4.69, 9.17) is 4.74 Å². The van der Waals surface area contributed by atoms with Gasteiger partial charge in [-0.2, -0.15) is 8.75 Å². The Labute approximate surface area is 74.2 Å². The molecule has 1 aromatic rings. The Hall–Kier alpha value is -1.23. The fourth-order valence-corrected chi connectivity index (χ4v) is 0.936. The van der Waals surface area contributed by atoms with Gasteiger partial charge in [0.25, 0.3) is 0 Å². The first-order chi connectivity index (χ1) is 5.74. The number of hydrogen-bond donors (Lipinski definition) is 0. The third kappa shape index (κ3) is 2.13. The largest absolute Gasteiger partial charge is 0.454 e. The van der Waals surface area contributed by atoms with Gasteiger partial charge in [0.2, 0.25) is 0 Å². The van der Waals surface area contributed by atoms with Gasteiger partial charge in [-0.3, -0.25) is 0 Å². The molecule has 1 aromatic heterocycles. The van der Waals surface area contributed by atoms with Crippen LogP contribution < -0.4 is 0 Å². The smallest absolute Gasteiger partial charge is 0.360 e. The number of carbonyl (C=O) groups excluding carboxylic acids is 1. The van der Waals surface area contributed by atoms with Crippen LogP contribution in [0.15, 0.2) is 18.9 Å². The molecule has 0 aliphatic heterocycles. The molecular weight excluding hydrogens is 176 g/mol. The molecule has 0 spiro atoms. The molecule has 1 unspecified atom stereocenters. The molecule has 0 amide bonds. The molecule has 64 valence electrons. The van der Waals surface area contributed by atoms with E-state index in [1.807, 2.05) is 0 Å². The molecule has 0 fully saturated rings. The number of carbonyl (C=O) groups is 1. The monoisotopic (exact) mass is 184 g/mol. The number of ether oxygens (including phenoxy) is 1. The van der Waals surface area contributed by atoms with E-state index in [0.29, 0.717) is 0 Å². The van der Waals surface area contributed by atoms with Gasteiger partial charge in [-0.15, -0.1) is 0 Å². The van der Waals surface area contributed by atoms with Crippen LogP contribution in [0.3, 0.4) is 0 Å². The Kier molecular flexibility index (Phi) is 2.93. The van der Waals surface area contributed by atoms with Gasteiger partial charge in [-0.25, -0.2) is 4.79 Å². The fraction of sp³-hybridized carbons (Fsp3) is 0.286. The van der Waals surface area contributed by atoms with Crippen LogP contribution in [0.1, 0.15) is 17.4 Å². The minimum absolute atomic E-state index is 0.244. The molecule has 0 bridgehead atoms. The Balaban J connectivity index is 2.55. The van der Waals surface area contributed by atoms with Gasteiger partial charge in [0.1, 0.15) is 6.10 Å². The van der Waals surface area contributed by atoms with E-state index in [-0.39, 0.29) is 11.8 Å². The fourth-order valence-electron chi connectivity index (χ4n) is 0.532. The Morgan fingerprint density at radius 1 is 1.92 bits per heavy atom. The Morgan fingerprint density at radius 2 is 2.67 bits per heavy atom. The number of rotatable bonds is 3. The van der Waals surface area contributed by atoms with Crippen LogP contribution in [0.4, 0.5) is 0 Å². The predicted molar refractivity (Wildman–Crippen MR) is 45.0 cm³/mol. The van der Waals surface area contributed by atoms with E-state index in [9.17, 15) is 4.79 Å². The van der Waals surface area contributed by atoms with E-state index in [1.54, 1.807) is 6.92 Å². The summed E-state index contributed by atoms with van der Waals surface area (Å²) in [7, 11) is 0. The maximum Gasteiger partial charge on any atom is 0.360 e. The average molecular weight is 184 g/mol. The average Bonchev–Trinajstić information content (AvgIpc) is 2.56. The Bertz CT molecular complexity index is 271. The molecule has 1 rings (SSSR count). The van der Waals surface area contributed by atoms with Crippen LogP contribution in [0, 0.1) is 0 Å². The van der Waals surface area contributed by atoms with Crippen LogP contribution in [0.25, 0.3) is 0 Å². The van der Waals surface area contributed by atoms with Gasteiger partial charge in [-0.05, 0) is 6.92 Å². The molecule has 0 aliphatic carbocycles. The molecular formula is C7H8N2O2S. The highest BCUT2D eigenvalue weighted by Crippen LogP contribution is 2.01. The summed E-state index contributed by atoms with van der Waals surface area (Å²) in [5.41, 5.74) is 0.244. The summed E-state index contributed by atoms with van der Waals surface area (Å²) in [6.07, 6.45) is 2.62. The molecule has 0 aromatic carbocycles. The number of nitrogens with zero attached hydrogens (tertiary/aromatic N) is 2. The van der Waals surface area contributed by atoms with Crippen molar-refractivity contribution >= 4 is 17.7 Å². The molecule has 1 atom stereocenters. The van der Waals surface area contributed by atoms with Crippen molar-refractivity contribution in [3.05, 3.63) is 24.5 Å². The van der Waals surface area contributed by atoms with Gasteiger partial charge in [-0.1, -0.05) is 12.7 Å². The van der Waals surface area contributed by atoms with Gasteiger partial charge in [0, 0.05) is 0 Å². The maximum absolute atomic E-state index is 11.1. The topological polar surface area (TPSA) is 52.1 Å². The second-order valence-corrected chi connectivity index (χ2v) is 2.70. The highest BCUT2D eigenvalue weighted by atomic mass is 32.1. The summed E-state index contributed by atoms with van der Waals surface area (Å²) in [5.74, 6) is -0.462. The van der Waals surface area contributed by atoms with Crippen molar-refractivity contribution in [3.63, 3.8) is 0 Å². The molecule has 12 heavy (non-hydrogen) atoms. The first-order valence-corrected chi connectivity index (χ1v) is 4.08. The first kappa shape index (κ1) is 8.86. The summed E-state index contributed by atoms with van der Waals surface area (Å²) in [4.78, 5) is 11.1. The Morgan fingerprint density at radius 3 is 3.17 bits per heavy atom. The number of aromatic nitrogens is 2. The maximum atomic E-state index is 11.1. The van der Waals surface area contributed by atoms with E-state index in [2.05, 4.69) is 15.3 Å². The van der Waals surface area contributed by atoms with Gasteiger partial charge < -0.3 is 4.74 Å². The SMILES string of the molecule is C=CC(C)OC(=O)c1cnsn1. The van der Waals surface area contributed by atoms with Crippen LogP contribution in [-0.4, -0.2) is 20.8 Å². The summed E-state index contributed by atoms with van der Waals surface area (Å²) >= 11 is 0.976. The van der Waals surface area contributed by atoms with Crippen molar-refractivity contribution in [1.82, 2.24) is 8.75 Å². The third-order valence-electron chi connectivity index (χ3n) is 1.20. The van der Waals surface area contributed by atoms with Crippen molar-refractivity contribution in [3.8, 4) is 0 Å². The van der Waals surface area contributed by atoms with E-state index in [0.717, 1.165) is 11.7 Å². The van der Waals surface area contributed by atoms with Gasteiger partial charge in [0.05, 0.1) is 17.9 Å². The zero-order valence-corrected chi connectivity index (χ0v) is 7.37. The van der Waals surface area contributed by atoms with Crippen molar-refractivity contribution < 1.29 is 9.53 Å². The predicted octanol–water partition coefficient (Wildman–Crippen LogP) is 1.27. The van der Waals surface area contributed by atoms with Crippen LogP contribution in [-0.2, 0) is 4.74 Å². The van der Waals surface area contributed by atoms with Gasteiger partial charge >= 0.3 is 5.97 Å².